The van der Waals surface area contributed by atoms with E-state index in [2.05, 4.69) is 0 Å². The third kappa shape index (κ3) is 3.02. The minimum atomic E-state index is -0.782. The van der Waals surface area contributed by atoms with Crippen molar-refractivity contribution in [3.05, 3.63) is 65.3 Å². The van der Waals surface area contributed by atoms with Gasteiger partial charge < -0.3 is 19.0 Å². The zero-order valence-electron chi connectivity index (χ0n) is 14.6. The molecule has 0 saturated heterocycles. The van der Waals surface area contributed by atoms with E-state index in [1.165, 1.54) is 7.11 Å². The molecule has 0 saturated carbocycles. The van der Waals surface area contributed by atoms with Crippen molar-refractivity contribution in [2.45, 2.75) is 31.1 Å². The molecule has 0 unspecified atom stereocenters. The number of aliphatic hydroxyl groups excluding tert-OH is 1. The van der Waals surface area contributed by atoms with Crippen molar-refractivity contribution in [3.8, 4) is 5.75 Å². The first-order chi connectivity index (χ1) is 12.0. The van der Waals surface area contributed by atoms with Gasteiger partial charge in [-0.15, -0.1) is 0 Å². The van der Waals surface area contributed by atoms with Crippen LogP contribution in [0.5, 0.6) is 5.75 Å². The molecule has 2 aromatic rings. The van der Waals surface area contributed by atoms with Crippen molar-refractivity contribution in [2.24, 2.45) is 0 Å². The van der Waals surface area contributed by atoms with Crippen LogP contribution in [0.1, 0.15) is 37.0 Å². The second-order valence-electron chi connectivity index (χ2n) is 6.51. The van der Waals surface area contributed by atoms with Crippen molar-refractivity contribution in [1.29, 1.82) is 0 Å². The van der Waals surface area contributed by atoms with Gasteiger partial charge in [-0.2, -0.15) is 0 Å². The van der Waals surface area contributed by atoms with Crippen LogP contribution in [0.15, 0.2) is 58.4 Å². The number of carbonyl (C=O) groups is 1. The average molecular weight is 342 g/mol. The summed E-state index contributed by atoms with van der Waals surface area (Å²) in [5.41, 5.74) is 0.594. The van der Waals surface area contributed by atoms with E-state index in [9.17, 15) is 9.90 Å². The maximum absolute atomic E-state index is 12.2. The van der Waals surface area contributed by atoms with Gasteiger partial charge in [-0.05, 0) is 55.5 Å². The van der Waals surface area contributed by atoms with E-state index < -0.39 is 11.4 Å². The molecule has 1 aliphatic carbocycles. The summed E-state index contributed by atoms with van der Waals surface area (Å²) in [6, 6.07) is 11.4. The molecule has 1 heterocycles. The molecule has 25 heavy (non-hydrogen) atoms. The first-order valence-electron chi connectivity index (χ1n) is 8.18. The summed E-state index contributed by atoms with van der Waals surface area (Å²) < 4.78 is 15.7. The summed E-state index contributed by atoms with van der Waals surface area (Å²) in [5.74, 6) is 0.975. The van der Waals surface area contributed by atoms with Crippen molar-refractivity contribution in [1.82, 2.24) is 0 Å². The quantitative estimate of drug-likeness (QED) is 0.847. The Balaban J connectivity index is 2.04. The molecule has 0 radical (unpaired) electrons. The molecule has 0 fully saturated rings. The Hall–Kier alpha value is -2.69. The predicted octanol–water partition coefficient (Wildman–Crippen LogP) is 4.11. The van der Waals surface area contributed by atoms with Crippen LogP contribution >= 0.6 is 0 Å². The van der Waals surface area contributed by atoms with E-state index in [0.717, 1.165) is 11.3 Å². The highest BCUT2D eigenvalue weighted by molar-refractivity contribution is 5.89. The van der Waals surface area contributed by atoms with E-state index in [1.807, 2.05) is 37.3 Å². The Morgan fingerprint density at radius 2 is 1.96 bits per heavy atom. The Morgan fingerprint density at radius 3 is 2.52 bits per heavy atom. The summed E-state index contributed by atoms with van der Waals surface area (Å²) in [7, 11) is 2.95. The standard InChI is InChI=1S/C20H22O5/c1-20(17-5-4-10-25-17)12-14(11-16(18(20)21)19(22)24-3)13-6-8-15(23-2)9-7-13/h4-10,14,21H,11-12H2,1-3H3/t14-,20-/m1/s1. The molecule has 3 rings (SSSR count). The molecule has 1 aliphatic rings. The fourth-order valence-electron chi connectivity index (χ4n) is 3.56. The summed E-state index contributed by atoms with van der Waals surface area (Å²) >= 11 is 0. The van der Waals surface area contributed by atoms with Gasteiger partial charge in [0.25, 0.3) is 0 Å². The lowest BCUT2D eigenvalue weighted by Gasteiger charge is -2.37. The Kier molecular flexibility index (Phi) is 4.57. The fraction of sp³-hybridized carbons (Fsp3) is 0.350. The van der Waals surface area contributed by atoms with Gasteiger partial charge in [-0.1, -0.05) is 12.1 Å². The maximum Gasteiger partial charge on any atom is 0.337 e. The van der Waals surface area contributed by atoms with Crippen LogP contribution in [0.3, 0.4) is 0 Å². The van der Waals surface area contributed by atoms with Crippen molar-refractivity contribution < 1.29 is 23.8 Å². The smallest absolute Gasteiger partial charge is 0.337 e. The van der Waals surface area contributed by atoms with E-state index >= 15 is 0 Å². The average Bonchev–Trinajstić information content (AvgIpc) is 3.19. The number of esters is 1. The number of allylic oxidation sites excluding steroid dienone is 1. The molecule has 2 atom stereocenters. The Morgan fingerprint density at radius 1 is 1.24 bits per heavy atom. The minimum absolute atomic E-state index is 0.0269. The summed E-state index contributed by atoms with van der Waals surface area (Å²) in [6.45, 7) is 1.89. The lowest BCUT2D eigenvalue weighted by atomic mass is 9.68. The van der Waals surface area contributed by atoms with Crippen LogP contribution in [0, 0.1) is 0 Å². The number of ether oxygens (including phenoxy) is 2. The van der Waals surface area contributed by atoms with Gasteiger partial charge in [0.15, 0.2) is 0 Å². The Labute approximate surface area is 146 Å². The number of hydrogen-bond donors (Lipinski definition) is 1. The lowest BCUT2D eigenvalue weighted by molar-refractivity contribution is -0.136. The van der Waals surface area contributed by atoms with Gasteiger partial charge in [0.1, 0.15) is 17.3 Å². The van der Waals surface area contributed by atoms with E-state index in [1.54, 1.807) is 19.4 Å². The minimum Gasteiger partial charge on any atom is -0.511 e. The molecule has 1 aromatic carbocycles. The zero-order valence-corrected chi connectivity index (χ0v) is 14.6. The van der Waals surface area contributed by atoms with Crippen LogP contribution in [0.2, 0.25) is 0 Å². The third-order valence-corrected chi connectivity index (χ3v) is 5.00. The number of benzene rings is 1. The summed E-state index contributed by atoms with van der Waals surface area (Å²) in [4.78, 5) is 12.2. The predicted molar refractivity (Wildman–Crippen MR) is 92.7 cm³/mol. The van der Waals surface area contributed by atoms with Crippen LogP contribution in [0.25, 0.3) is 0 Å². The largest absolute Gasteiger partial charge is 0.511 e. The molecule has 1 N–H and O–H groups in total. The second-order valence-corrected chi connectivity index (χ2v) is 6.51. The normalized spacial score (nSPS) is 23.4. The van der Waals surface area contributed by atoms with Gasteiger partial charge in [-0.25, -0.2) is 4.79 Å². The number of methoxy groups -OCH3 is 2. The second kappa shape index (κ2) is 6.67. The van der Waals surface area contributed by atoms with Crippen LogP contribution < -0.4 is 4.74 Å². The Bertz CT molecular complexity index is 773. The zero-order chi connectivity index (χ0) is 18.0. The number of furan rings is 1. The lowest BCUT2D eigenvalue weighted by Crippen LogP contribution is -2.34. The summed E-state index contributed by atoms with van der Waals surface area (Å²) in [5, 5.41) is 10.8. The molecule has 0 aliphatic heterocycles. The van der Waals surface area contributed by atoms with Crippen LogP contribution in [-0.4, -0.2) is 25.3 Å². The molecule has 5 nitrogen and oxygen atoms in total. The molecule has 132 valence electrons. The SMILES string of the molecule is COC(=O)C1=C(O)[C@@](C)(c2ccco2)C[C@H](c2ccc(OC)cc2)C1. The van der Waals surface area contributed by atoms with E-state index in [-0.39, 0.29) is 11.7 Å². The maximum atomic E-state index is 12.2. The third-order valence-electron chi connectivity index (χ3n) is 5.00. The van der Waals surface area contributed by atoms with Gasteiger partial charge >= 0.3 is 5.97 Å². The molecule has 0 bridgehead atoms. The summed E-state index contributed by atoms with van der Waals surface area (Å²) in [6.07, 6.45) is 2.61. The van der Waals surface area contributed by atoms with Gasteiger partial charge in [-0.3, -0.25) is 0 Å². The van der Waals surface area contributed by atoms with Crippen LogP contribution in [-0.2, 0) is 14.9 Å². The topological polar surface area (TPSA) is 68.9 Å². The van der Waals surface area contributed by atoms with Crippen molar-refractivity contribution in [2.75, 3.05) is 14.2 Å². The van der Waals surface area contributed by atoms with Crippen molar-refractivity contribution >= 4 is 5.97 Å². The number of hydrogen-bond acceptors (Lipinski definition) is 5. The van der Waals surface area contributed by atoms with E-state index in [0.29, 0.717) is 24.2 Å². The van der Waals surface area contributed by atoms with E-state index in [4.69, 9.17) is 13.9 Å². The van der Waals surface area contributed by atoms with Gasteiger partial charge in [0.05, 0.1) is 31.5 Å². The molecular formula is C20H22O5. The van der Waals surface area contributed by atoms with Crippen LogP contribution in [0.4, 0.5) is 0 Å². The first-order valence-corrected chi connectivity index (χ1v) is 8.18. The van der Waals surface area contributed by atoms with Crippen molar-refractivity contribution in [3.63, 3.8) is 0 Å². The number of carbonyl (C=O) groups excluding carboxylic acids is 1. The van der Waals surface area contributed by atoms with Gasteiger partial charge in [0.2, 0.25) is 0 Å². The monoisotopic (exact) mass is 342 g/mol. The molecule has 1 aromatic heterocycles. The number of aliphatic hydroxyl groups is 1. The highest BCUT2D eigenvalue weighted by Gasteiger charge is 2.44. The molecular weight excluding hydrogens is 320 g/mol. The highest BCUT2D eigenvalue weighted by atomic mass is 16.5. The molecule has 5 heteroatoms. The number of rotatable bonds is 4. The highest BCUT2D eigenvalue weighted by Crippen LogP contribution is 2.48. The van der Waals surface area contributed by atoms with Gasteiger partial charge in [0, 0.05) is 0 Å². The molecule has 0 spiro atoms. The fourth-order valence-corrected chi connectivity index (χ4v) is 3.56. The first kappa shape index (κ1) is 17.1. The molecule has 0 amide bonds.